The van der Waals surface area contributed by atoms with E-state index >= 15 is 0 Å². The first kappa shape index (κ1) is 11.7. The summed E-state index contributed by atoms with van der Waals surface area (Å²) in [6.07, 6.45) is 0. The van der Waals surface area contributed by atoms with Crippen molar-refractivity contribution in [2.45, 2.75) is 0 Å². The average Bonchev–Trinajstić information content (AvgIpc) is 2.57. The lowest BCUT2D eigenvalue weighted by molar-refractivity contribution is 0.415. The Bertz CT molecular complexity index is 852. The summed E-state index contributed by atoms with van der Waals surface area (Å²) in [5, 5.41) is 1.02. The fourth-order valence-corrected chi connectivity index (χ4v) is 2.47. The highest BCUT2D eigenvalue weighted by molar-refractivity contribution is 6.08. The van der Waals surface area contributed by atoms with Gasteiger partial charge in [-0.3, -0.25) is 4.79 Å². The number of ether oxygens (including phenoxy) is 1. The molecule has 4 heteroatoms. The molecule has 3 rings (SSSR count). The van der Waals surface area contributed by atoms with Gasteiger partial charge in [-0.05, 0) is 30.3 Å². The lowest BCUT2D eigenvalue weighted by Crippen LogP contribution is -2.00. The zero-order valence-electron chi connectivity index (χ0n) is 10.6. The lowest BCUT2D eigenvalue weighted by Gasteiger charge is -1.96. The summed E-state index contributed by atoms with van der Waals surface area (Å²) in [4.78, 5) is 12.1. The number of halogens is 1. The van der Waals surface area contributed by atoms with Crippen LogP contribution in [-0.2, 0) is 7.05 Å². The molecule has 0 saturated heterocycles. The van der Waals surface area contributed by atoms with E-state index in [1.165, 1.54) is 19.2 Å². The molecule has 0 fully saturated rings. The topological polar surface area (TPSA) is 31.2 Å². The first-order chi connectivity index (χ1) is 9.13. The summed E-state index contributed by atoms with van der Waals surface area (Å²) in [6, 6.07) is 9.56. The Hall–Kier alpha value is -2.36. The Labute approximate surface area is 108 Å². The van der Waals surface area contributed by atoms with E-state index in [1.54, 1.807) is 35.9 Å². The van der Waals surface area contributed by atoms with Gasteiger partial charge >= 0.3 is 0 Å². The van der Waals surface area contributed by atoms with Crippen LogP contribution in [0.15, 0.2) is 41.2 Å². The molecule has 0 radical (unpaired) electrons. The van der Waals surface area contributed by atoms with Crippen LogP contribution in [0.4, 0.5) is 4.39 Å². The highest BCUT2D eigenvalue weighted by Gasteiger charge is 2.13. The predicted octanol–water partition coefficient (Wildman–Crippen LogP) is 2.84. The molecule has 1 aromatic heterocycles. The summed E-state index contributed by atoms with van der Waals surface area (Å²) < 4.78 is 20.9. The highest BCUT2D eigenvalue weighted by atomic mass is 19.1. The van der Waals surface area contributed by atoms with Crippen molar-refractivity contribution in [2.24, 2.45) is 7.05 Å². The van der Waals surface area contributed by atoms with E-state index in [4.69, 9.17) is 4.74 Å². The van der Waals surface area contributed by atoms with Crippen molar-refractivity contribution in [3.8, 4) is 5.75 Å². The number of benzene rings is 1. The summed E-state index contributed by atoms with van der Waals surface area (Å²) >= 11 is 0. The minimum Gasteiger partial charge on any atom is -0.497 e. The van der Waals surface area contributed by atoms with Crippen LogP contribution in [0.3, 0.4) is 0 Å². The maximum absolute atomic E-state index is 14.1. The number of methoxy groups -OCH3 is 1. The van der Waals surface area contributed by atoms with Crippen molar-refractivity contribution < 1.29 is 9.13 Å². The molecule has 19 heavy (non-hydrogen) atoms. The third-order valence-corrected chi connectivity index (χ3v) is 3.37. The van der Waals surface area contributed by atoms with E-state index in [1.807, 2.05) is 0 Å². The van der Waals surface area contributed by atoms with Gasteiger partial charge in [0.15, 0.2) is 0 Å². The van der Waals surface area contributed by atoms with Gasteiger partial charge in [-0.1, -0.05) is 6.07 Å². The zero-order valence-corrected chi connectivity index (χ0v) is 10.6. The van der Waals surface area contributed by atoms with Gasteiger partial charge in [0.05, 0.1) is 18.1 Å². The number of aryl methyl sites for hydroxylation is 1. The van der Waals surface area contributed by atoms with Crippen molar-refractivity contribution in [3.05, 3.63) is 52.4 Å². The van der Waals surface area contributed by atoms with Gasteiger partial charge < -0.3 is 9.30 Å². The molecule has 0 saturated carbocycles. The van der Waals surface area contributed by atoms with E-state index in [0.29, 0.717) is 27.6 Å². The maximum Gasteiger partial charge on any atom is 0.202 e. The molecule has 0 N–H and O–H groups in total. The van der Waals surface area contributed by atoms with E-state index in [0.717, 1.165) is 0 Å². The highest BCUT2D eigenvalue weighted by Crippen LogP contribution is 2.29. The van der Waals surface area contributed by atoms with Gasteiger partial charge in [-0.2, -0.15) is 0 Å². The number of rotatable bonds is 1. The molecule has 0 spiro atoms. The molecular formula is C15H12FNO2. The summed E-state index contributed by atoms with van der Waals surface area (Å²) in [6.45, 7) is 0. The molecule has 0 unspecified atom stereocenters. The van der Waals surface area contributed by atoms with Gasteiger partial charge in [0.2, 0.25) is 5.43 Å². The quantitative estimate of drug-likeness (QED) is 0.671. The van der Waals surface area contributed by atoms with Gasteiger partial charge in [0.25, 0.3) is 0 Å². The van der Waals surface area contributed by atoms with E-state index in [-0.39, 0.29) is 11.2 Å². The SMILES string of the molecule is COc1ccc(=O)c2c(c1)c1c(F)cccc1n2C. The van der Waals surface area contributed by atoms with E-state index < -0.39 is 0 Å². The van der Waals surface area contributed by atoms with Crippen molar-refractivity contribution >= 4 is 21.8 Å². The normalized spacial score (nSPS) is 11.1. The Morgan fingerprint density at radius 1 is 1.21 bits per heavy atom. The standard InChI is InChI=1S/C15H12FNO2/c1-17-12-5-3-4-11(16)14(12)10-8-9(19-2)6-7-13(18)15(10)17/h3-8H,1-2H3. The number of fused-ring (bicyclic) bond motifs is 3. The van der Waals surface area contributed by atoms with E-state index in [9.17, 15) is 9.18 Å². The molecule has 0 aliphatic rings. The average molecular weight is 257 g/mol. The molecule has 0 bridgehead atoms. The Balaban J connectivity index is 2.69. The maximum atomic E-state index is 14.1. The van der Waals surface area contributed by atoms with Crippen LogP contribution in [0.1, 0.15) is 0 Å². The molecule has 0 amide bonds. The van der Waals surface area contributed by atoms with Gasteiger partial charge in [0.1, 0.15) is 11.6 Å². The number of hydrogen-bond donors (Lipinski definition) is 0. The summed E-state index contributed by atoms with van der Waals surface area (Å²) in [5.74, 6) is 0.193. The van der Waals surface area contributed by atoms with Crippen LogP contribution in [0.5, 0.6) is 5.75 Å². The minimum absolute atomic E-state index is 0.156. The molecular weight excluding hydrogens is 245 g/mol. The van der Waals surface area contributed by atoms with Crippen LogP contribution < -0.4 is 10.2 Å². The molecule has 3 nitrogen and oxygen atoms in total. The smallest absolute Gasteiger partial charge is 0.202 e. The third kappa shape index (κ3) is 1.60. The molecule has 2 aromatic carbocycles. The monoisotopic (exact) mass is 257 g/mol. The second-order valence-corrected chi connectivity index (χ2v) is 4.40. The first-order valence-corrected chi connectivity index (χ1v) is 5.88. The van der Waals surface area contributed by atoms with Crippen LogP contribution in [0, 0.1) is 5.82 Å². The van der Waals surface area contributed by atoms with Crippen molar-refractivity contribution in [3.63, 3.8) is 0 Å². The summed E-state index contributed by atoms with van der Waals surface area (Å²) in [5.41, 5.74) is 1.01. The molecule has 1 heterocycles. The molecule has 3 aromatic rings. The molecule has 0 aliphatic heterocycles. The fourth-order valence-electron chi connectivity index (χ4n) is 2.47. The Morgan fingerprint density at radius 2 is 2.00 bits per heavy atom. The number of aromatic nitrogens is 1. The zero-order chi connectivity index (χ0) is 13.6. The number of hydrogen-bond acceptors (Lipinski definition) is 2. The second-order valence-electron chi connectivity index (χ2n) is 4.40. The van der Waals surface area contributed by atoms with Crippen LogP contribution >= 0.6 is 0 Å². The van der Waals surface area contributed by atoms with Crippen LogP contribution in [-0.4, -0.2) is 11.7 Å². The lowest BCUT2D eigenvalue weighted by atomic mass is 10.2. The van der Waals surface area contributed by atoms with Crippen LogP contribution in [0.2, 0.25) is 0 Å². The minimum atomic E-state index is -0.337. The van der Waals surface area contributed by atoms with Gasteiger partial charge in [-0.25, -0.2) is 4.39 Å². The third-order valence-electron chi connectivity index (χ3n) is 3.37. The van der Waals surface area contributed by atoms with Gasteiger partial charge in [-0.15, -0.1) is 0 Å². The fraction of sp³-hybridized carbons (Fsp3) is 0.133. The Morgan fingerprint density at radius 3 is 2.74 bits per heavy atom. The molecule has 0 atom stereocenters. The summed E-state index contributed by atoms with van der Waals surface area (Å²) in [7, 11) is 3.28. The van der Waals surface area contributed by atoms with E-state index in [2.05, 4.69) is 0 Å². The van der Waals surface area contributed by atoms with Gasteiger partial charge in [0, 0.05) is 17.8 Å². The Kier molecular flexibility index (Phi) is 2.52. The van der Waals surface area contributed by atoms with Crippen LogP contribution in [0.25, 0.3) is 21.8 Å². The van der Waals surface area contributed by atoms with Crippen molar-refractivity contribution in [1.29, 1.82) is 0 Å². The predicted molar refractivity (Wildman–Crippen MR) is 73.2 cm³/mol. The van der Waals surface area contributed by atoms with Crippen molar-refractivity contribution in [1.82, 2.24) is 4.57 Å². The molecule has 96 valence electrons. The second kappa shape index (κ2) is 4.09. The van der Waals surface area contributed by atoms with Crippen molar-refractivity contribution in [2.75, 3.05) is 7.11 Å². The molecule has 0 aliphatic carbocycles. The first-order valence-electron chi connectivity index (χ1n) is 5.88. The number of nitrogens with zero attached hydrogens (tertiary/aromatic N) is 1. The largest absolute Gasteiger partial charge is 0.497 e.